The highest BCUT2D eigenvalue weighted by molar-refractivity contribution is 14.1. The summed E-state index contributed by atoms with van der Waals surface area (Å²) in [5.41, 5.74) is -1.39. The van der Waals surface area contributed by atoms with E-state index in [0.717, 1.165) is 19.4 Å². The Kier molecular flexibility index (Phi) is 6.63. The van der Waals surface area contributed by atoms with Crippen LogP contribution < -0.4 is 14.8 Å². The minimum Gasteiger partial charge on any atom is -0.490 e. The Morgan fingerprint density at radius 3 is 2.48 bits per heavy atom. The Morgan fingerprint density at radius 2 is 1.79 bits per heavy atom. The van der Waals surface area contributed by atoms with Gasteiger partial charge in [0, 0.05) is 13.7 Å². The molecule has 29 heavy (non-hydrogen) atoms. The zero-order valence-electron chi connectivity index (χ0n) is 15.9. The van der Waals surface area contributed by atoms with Gasteiger partial charge in [0.2, 0.25) is 0 Å². The molecule has 0 bridgehead atoms. The molecule has 0 saturated carbocycles. The molecule has 0 aliphatic carbocycles. The van der Waals surface area contributed by atoms with Gasteiger partial charge in [0.1, 0.15) is 29.4 Å². The molecule has 8 heteroatoms. The Labute approximate surface area is 186 Å². The van der Waals surface area contributed by atoms with Gasteiger partial charge in [-0.2, -0.15) is 0 Å². The van der Waals surface area contributed by atoms with Crippen molar-refractivity contribution in [3.63, 3.8) is 0 Å². The number of fused-ring (bicyclic) bond motifs is 1. The van der Waals surface area contributed by atoms with Crippen molar-refractivity contribution >= 4 is 55.9 Å². The first kappa shape index (κ1) is 21.4. The molecule has 2 N–H and O–H groups in total. The Morgan fingerprint density at radius 1 is 1.10 bits per heavy atom. The molecule has 0 spiro atoms. The van der Waals surface area contributed by atoms with Gasteiger partial charge in [-0.05, 0) is 66.8 Å². The van der Waals surface area contributed by atoms with Crippen molar-refractivity contribution in [2.75, 3.05) is 13.2 Å². The maximum absolute atomic E-state index is 12.8. The molecule has 2 aromatic carbocycles. The maximum atomic E-state index is 12.8. The van der Waals surface area contributed by atoms with Crippen molar-refractivity contribution in [3.8, 4) is 11.5 Å². The molecule has 1 aromatic heterocycles. The minimum atomic E-state index is -1.39. The van der Waals surface area contributed by atoms with Crippen LogP contribution in [0.25, 0.3) is 10.1 Å². The largest absolute Gasteiger partial charge is 0.490 e. The van der Waals surface area contributed by atoms with Gasteiger partial charge in [-0.1, -0.05) is 18.2 Å². The van der Waals surface area contributed by atoms with E-state index in [1.165, 1.54) is 25.2 Å². The lowest BCUT2D eigenvalue weighted by atomic mass is 10.1. The van der Waals surface area contributed by atoms with Crippen molar-refractivity contribution < 1.29 is 24.2 Å². The van der Waals surface area contributed by atoms with Gasteiger partial charge in [-0.15, -0.1) is 11.3 Å². The lowest BCUT2D eigenvalue weighted by molar-refractivity contribution is -0.143. The molecule has 0 aliphatic rings. The van der Waals surface area contributed by atoms with E-state index in [1.54, 1.807) is 0 Å². The van der Waals surface area contributed by atoms with Crippen LogP contribution in [0.4, 0.5) is 0 Å². The molecule has 3 aromatic rings. The van der Waals surface area contributed by atoms with E-state index in [-0.39, 0.29) is 6.61 Å². The number of ether oxygens (including phenoxy) is 2. The third-order valence-electron chi connectivity index (χ3n) is 4.12. The highest BCUT2D eigenvalue weighted by atomic mass is 127. The van der Waals surface area contributed by atoms with Gasteiger partial charge in [-0.3, -0.25) is 4.79 Å². The van der Waals surface area contributed by atoms with Crippen molar-refractivity contribution in [1.29, 1.82) is 0 Å². The lowest BCUT2D eigenvalue weighted by Gasteiger charge is -2.20. The fourth-order valence-corrected chi connectivity index (χ4v) is 4.34. The predicted octanol–water partition coefficient (Wildman–Crippen LogP) is 4.56. The Balaban J connectivity index is 1.81. The number of carbonyl (C=O) groups excluding carboxylic acids is 1. The molecule has 0 atom stereocenters. The van der Waals surface area contributed by atoms with Crippen molar-refractivity contribution in [3.05, 3.63) is 57.0 Å². The average molecular weight is 525 g/mol. The molecule has 152 valence electrons. The van der Waals surface area contributed by atoms with E-state index in [0.29, 0.717) is 17.2 Å². The van der Waals surface area contributed by atoms with E-state index in [4.69, 9.17) is 9.47 Å². The van der Waals surface area contributed by atoms with Gasteiger partial charge in [0.05, 0.1) is 0 Å². The Bertz CT molecular complexity index is 1030. The number of halogens is 1. The molecule has 0 aliphatic heterocycles. The summed E-state index contributed by atoms with van der Waals surface area (Å²) in [6.45, 7) is 3.44. The summed E-state index contributed by atoms with van der Waals surface area (Å²) < 4.78 is 13.5. The van der Waals surface area contributed by atoms with Crippen LogP contribution in [0, 0.1) is 3.57 Å². The molecule has 1 amide bonds. The topological polar surface area (TPSA) is 84.9 Å². The first-order valence-corrected chi connectivity index (χ1v) is 10.8. The fraction of sp³-hybridized carbons (Fsp3) is 0.238. The molecular weight excluding hydrogens is 505 g/mol. The molecule has 0 fully saturated rings. The number of carboxylic acid groups (broad SMARTS) is 1. The number of hydrogen-bond donors (Lipinski definition) is 2. The van der Waals surface area contributed by atoms with Crippen LogP contribution >= 0.6 is 33.9 Å². The zero-order chi connectivity index (χ0) is 21.0. The van der Waals surface area contributed by atoms with Crippen molar-refractivity contribution in [2.45, 2.75) is 19.4 Å². The SMILES string of the molecule is CC(C)(NC(=O)c1sc2cc(I)ccc2c1OCCOc1ccccc1)C(=O)O. The number of carboxylic acids is 1. The quantitative estimate of drug-likeness (QED) is 0.333. The van der Waals surface area contributed by atoms with E-state index in [1.807, 2.05) is 48.5 Å². The van der Waals surface area contributed by atoms with Crippen molar-refractivity contribution in [1.82, 2.24) is 5.32 Å². The predicted molar refractivity (Wildman–Crippen MR) is 121 cm³/mol. The summed E-state index contributed by atoms with van der Waals surface area (Å²) in [6.07, 6.45) is 0. The van der Waals surface area contributed by atoms with Crippen LogP contribution in [-0.2, 0) is 4.79 Å². The molecule has 1 heterocycles. The highest BCUT2D eigenvalue weighted by Crippen LogP contribution is 2.38. The number of thiophene rings is 1. The third kappa shape index (κ3) is 5.18. The summed E-state index contributed by atoms with van der Waals surface area (Å²) in [6, 6.07) is 15.2. The number of rotatable bonds is 8. The first-order chi connectivity index (χ1) is 13.8. The number of amides is 1. The highest BCUT2D eigenvalue weighted by Gasteiger charge is 2.31. The van der Waals surface area contributed by atoms with Crippen LogP contribution in [0.15, 0.2) is 48.5 Å². The van der Waals surface area contributed by atoms with Gasteiger partial charge in [0.15, 0.2) is 5.75 Å². The lowest BCUT2D eigenvalue weighted by Crippen LogP contribution is -2.49. The van der Waals surface area contributed by atoms with Gasteiger partial charge >= 0.3 is 5.97 Å². The van der Waals surface area contributed by atoms with Crippen LogP contribution in [0.5, 0.6) is 11.5 Å². The summed E-state index contributed by atoms with van der Waals surface area (Å²) in [7, 11) is 0. The fourth-order valence-electron chi connectivity index (χ4n) is 2.55. The monoisotopic (exact) mass is 525 g/mol. The zero-order valence-corrected chi connectivity index (χ0v) is 18.9. The van der Waals surface area contributed by atoms with Gasteiger partial charge in [0.25, 0.3) is 5.91 Å². The van der Waals surface area contributed by atoms with E-state index >= 15 is 0 Å². The second kappa shape index (κ2) is 9.00. The summed E-state index contributed by atoms with van der Waals surface area (Å²) in [4.78, 5) is 24.5. The summed E-state index contributed by atoms with van der Waals surface area (Å²) in [5, 5.41) is 12.7. The molecule has 3 rings (SSSR count). The summed E-state index contributed by atoms with van der Waals surface area (Å²) in [5.74, 6) is -0.411. The van der Waals surface area contributed by atoms with Gasteiger partial charge < -0.3 is 19.9 Å². The normalized spacial score (nSPS) is 11.3. The molecule has 0 saturated heterocycles. The summed E-state index contributed by atoms with van der Waals surface area (Å²) >= 11 is 3.48. The third-order valence-corrected chi connectivity index (χ3v) is 5.92. The second-order valence-electron chi connectivity index (χ2n) is 6.80. The van der Waals surface area contributed by atoms with Crippen LogP contribution in [0.2, 0.25) is 0 Å². The molecule has 0 unspecified atom stereocenters. The van der Waals surface area contributed by atoms with Crippen LogP contribution in [0.1, 0.15) is 23.5 Å². The standard InChI is InChI=1S/C21H20INO5S/c1-21(2,20(25)26)23-19(24)18-17(15-9-8-13(22)12-16(15)29-18)28-11-10-27-14-6-4-3-5-7-14/h3-9,12H,10-11H2,1-2H3,(H,23,24)(H,25,26). The number of benzene rings is 2. The first-order valence-electron chi connectivity index (χ1n) is 8.86. The molecule has 6 nitrogen and oxygen atoms in total. The van der Waals surface area contributed by atoms with Crippen LogP contribution in [-0.4, -0.2) is 35.7 Å². The van der Waals surface area contributed by atoms with E-state index in [2.05, 4.69) is 27.9 Å². The number of para-hydroxylation sites is 1. The van der Waals surface area contributed by atoms with E-state index in [9.17, 15) is 14.7 Å². The second-order valence-corrected chi connectivity index (χ2v) is 9.09. The smallest absolute Gasteiger partial charge is 0.328 e. The average Bonchev–Trinajstić information content (AvgIpc) is 3.03. The maximum Gasteiger partial charge on any atom is 0.328 e. The number of nitrogens with one attached hydrogen (secondary N) is 1. The van der Waals surface area contributed by atoms with Crippen molar-refractivity contribution in [2.24, 2.45) is 0 Å². The Hall–Kier alpha value is -2.33. The van der Waals surface area contributed by atoms with Crippen LogP contribution in [0.3, 0.4) is 0 Å². The minimum absolute atomic E-state index is 0.245. The number of hydrogen-bond acceptors (Lipinski definition) is 5. The molecule has 0 radical (unpaired) electrons. The van der Waals surface area contributed by atoms with E-state index < -0.39 is 17.4 Å². The molecular formula is C21H20INO5S. The number of aliphatic carboxylic acids is 1. The van der Waals surface area contributed by atoms with Gasteiger partial charge in [-0.25, -0.2) is 4.79 Å². The number of carbonyl (C=O) groups is 2.